The average Bonchev–Trinajstić information content (AvgIpc) is 2.32. The first-order chi connectivity index (χ1) is 5.49. The molecule has 1 aliphatic rings. The van der Waals surface area contributed by atoms with Gasteiger partial charge in [-0.2, -0.15) is 8.42 Å². The monoisotopic (exact) mass is 193 g/mol. The third kappa shape index (κ3) is 3.08. The zero-order valence-corrected chi connectivity index (χ0v) is 8.01. The van der Waals surface area contributed by atoms with Crippen LogP contribution in [0.25, 0.3) is 0 Å². The standard InChI is InChI=1S/C7H15NO3S/c1-12(9,10)11-7(8)6-4-2-3-5-6/h6-7H,2-5,8H2,1H3. The van der Waals surface area contributed by atoms with Crippen molar-refractivity contribution in [2.24, 2.45) is 11.7 Å². The minimum atomic E-state index is -3.39. The molecule has 0 amide bonds. The molecule has 0 saturated heterocycles. The molecular weight excluding hydrogens is 178 g/mol. The second-order valence-electron chi connectivity index (χ2n) is 3.31. The number of hydrogen-bond donors (Lipinski definition) is 1. The van der Waals surface area contributed by atoms with Crippen LogP contribution in [0.5, 0.6) is 0 Å². The number of hydrogen-bond acceptors (Lipinski definition) is 4. The summed E-state index contributed by atoms with van der Waals surface area (Å²) in [6.07, 6.45) is 4.62. The van der Waals surface area contributed by atoms with Gasteiger partial charge in [0.25, 0.3) is 10.1 Å². The maximum Gasteiger partial charge on any atom is 0.265 e. The average molecular weight is 193 g/mol. The van der Waals surface area contributed by atoms with Crippen LogP contribution in [-0.2, 0) is 14.3 Å². The van der Waals surface area contributed by atoms with Crippen molar-refractivity contribution in [2.45, 2.75) is 31.9 Å². The van der Waals surface area contributed by atoms with Gasteiger partial charge in [0.15, 0.2) is 0 Å². The molecule has 1 unspecified atom stereocenters. The van der Waals surface area contributed by atoms with E-state index < -0.39 is 16.3 Å². The summed E-state index contributed by atoms with van der Waals surface area (Å²) in [6.45, 7) is 0. The lowest BCUT2D eigenvalue weighted by Gasteiger charge is -2.17. The van der Waals surface area contributed by atoms with Crippen LogP contribution in [0.1, 0.15) is 25.7 Å². The molecule has 5 heteroatoms. The van der Waals surface area contributed by atoms with Crippen LogP contribution in [0.3, 0.4) is 0 Å². The van der Waals surface area contributed by atoms with Gasteiger partial charge in [-0.3, -0.25) is 4.18 Å². The van der Waals surface area contributed by atoms with E-state index in [0.717, 1.165) is 31.9 Å². The molecule has 0 aromatic carbocycles. The molecule has 0 aliphatic heterocycles. The molecule has 1 rings (SSSR count). The molecule has 4 nitrogen and oxygen atoms in total. The van der Waals surface area contributed by atoms with Crippen molar-refractivity contribution in [1.82, 2.24) is 0 Å². The maximum absolute atomic E-state index is 10.7. The number of nitrogens with two attached hydrogens (primary N) is 1. The van der Waals surface area contributed by atoms with Gasteiger partial charge in [-0.25, -0.2) is 0 Å². The fraction of sp³-hybridized carbons (Fsp3) is 1.00. The second kappa shape index (κ2) is 3.72. The lowest BCUT2D eigenvalue weighted by Crippen LogP contribution is -2.33. The summed E-state index contributed by atoms with van der Waals surface area (Å²) in [5, 5.41) is 0. The summed E-state index contributed by atoms with van der Waals surface area (Å²) in [5.41, 5.74) is 5.56. The van der Waals surface area contributed by atoms with Crippen LogP contribution < -0.4 is 5.73 Å². The molecule has 0 bridgehead atoms. The van der Waals surface area contributed by atoms with E-state index in [0.29, 0.717) is 0 Å². The van der Waals surface area contributed by atoms with Gasteiger partial charge in [0.05, 0.1) is 6.26 Å². The Kier molecular flexibility index (Phi) is 3.09. The molecule has 0 heterocycles. The predicted molar refractivity (Wildman–Crippen MR) is 45.9 cm³/mol. The molecule has 1 atom stereocenters. The van der Waals surface area contributed by atoms with Gasteiger partial charge in [0.2, 0.25) is 0 Å². The van der Waals surface area contributed by atoms with Crippen molar-refractivity contribution in [2.75, 3.05) is 6.26 Å². The molecule has 0 aromatic heterocycles. The summed E-state index contributed by atoms with van der Waals surface area (Å²) >= 11 is 0. The molecule has 0 spiro atoms. The van der Waals surface area contributed by atoms with E-state index in [2.05, 4.69) is 4.18 Å². The van der Waals surface area contributed by atoms with E-state index in [9.17, 15) is 8.42 Å². The van der Waals surface area contributed by atoms with Crippen molar-refractivity contribution >= 4 is 10.1 Å². The topological polar surface area (TPSA) is 69.4 Å². The first-order valence-electron chi connectivity index (χ1n) is 4.13. The molecular formula is C7H15NO3S. The minimum absolute atomic E-state index is 0.222. The van der Waals surface area contributed by atoms with Gasteiger partial charge in [0.1, 0.15) is 6.23 Å². The van der Waals surface area contributed by atoms with Gasteiger partial charge < -0.3 is 5.73 Å². The van der Waals surface area contributed by atoms with Crippen LogP contribution in [0.4, 0.5) is 0 Å². The van der Waals surface area contributed by atoms with Gasteiger partial charge in [-0.1, -0.05) is 12.8 Å². The molecule has 1 aliphatic carbocycles. The molecule has 0 aromatic rings. The van der Waals surface area contributed by atoms with Crippen molar-refractivity contribution in [1.29, 1.82) is 0 Å². The Bertz CT molecular complexity index is 231. The second-order valence-corrected chi connectivity index (χ2v) is 4.91. The molecule has 1 saturated carbocycles. The summed E-state index contributed by atoms with van der Waals surface area (Å²) in [7, 11) is -3.39. The van der Waals surface area contributed by atoms with Crippen molar-refractivity contribution in [3.05, 3.63) is 0 Å². The van der Waals surface area contributed by atoms with Crippen LogP contribution in [0.2, 0.25) is 0 Å². The molecule has 2 N–H and O–H groups in total. The summed E-state index contributed by atoms with van der Waals surface area (Å²) in [6, 6.07) is 0. The summed E-state index contributed by atoms with van der Waals surface area (Å²) in [5.74, 6) is 0.222. The molecule has 12 heavy (non-hydrogen) atoms. The third-order valence-electron chi connectivity index (χ3n) is 2.15. The molecule has 0 radical (unpaired) electrons. The van der Waals surface area contributed by atoms with Gasteiger partial charge in [-0.05, 0) is 18.8 Å². The van der Waals surface area contributed by atoms with Gasteiger partial charge in [-0.15, -0.1) is 0 Å². The van der Waals surface area contributed by atoms with E-state index in [1.807, 2.05) is 0 Å². The SMILES string of the molecule is CS(=O)(=O)OC(N)C1CCCC1. The van der Waals surface area contributed by atoms with Crippen molar-refractivity contribution in [3.63, 3.8) is 0 Å². The minimum Gasteiger partial charge on any atom is -0.305 e. The third-order valence-corrected chi connectivity index (χ3v) is 2.72. The summed E-state index contributed by atoms with van der Waals surface area (Å²) in [4.78, 5) is 0. The highest BCUT2D eigenvalue weighted by Crippen LogP contribution is 2.27. The largest absolute Gasteiger partial charge is 0.305 e. The Labute approximate surface area is 73.2 Å². The Morgan fingerprint density at radius 1 is 1.42 bits per heavy atom. The quantitative estimate of drug-likeness (QED) is 0.521. The normalized spacial score (nSPS) is 22.8. The first-order valence-corrected chi connectivity index (χ1v) is 5.94. The fourth-order valence-corrected chi connectivity index (χ4v) is 2.13. The smallest absolute Gasteiger partial charge is 0.265 e. The first kappa shape index (κ1) is 9.95. The van der Waals surface area contributed by atoms with Crippen molar-refractivity contribution < 1.29 is 12.6 Å². The van der Waals surface area contributed by atoms with Gasteiger partial charge in [0, 0.05) is 0 Å². The van der Waals surface area contributed by atoms with E-state index in [1.54, 1.807) is 0 Å². The van der Waals surface area contributed by atoms with Crippen LogP contribution in [0, 0.1) is 5.92 Å². The van der Waals surface area contributed by atoms with Gasteiger partial charge >= 0.3 is 0 Å². The Balaban J connectivity index is 2.42. The lowest BCUT2D eigenvalue weighted by molar-refractivity contribution is 0.151. The molecule has 72 valence electrons. The summed E-state index contributed by atoms with van der Waals surface area (Å²) < 4.78 is 26.1. The van der Waals surface area contributed by atoms with Crippen LogP contribution in [-0.4, -0.2) is 20.9 Å². The van der Waals surface area contributed by atoms with E-state index >= 15 is 0 Å². The predicted octanol–water partition coefficient (Wildman–Crippen LogP) is 0.438. The highest BCUT2D eigenvalue weighted by atomic mass is 32.2. The maximum atomic E-state index is 10.7. The lowest BCUT2D eigenvalue weighted by atomic mass is 10.1. The highest BCUT2D eigenvalue weighted by molar-refractivity contribution is 7.86. The zero-order valence-electron chi connectivity index (χ0n) is 7.19. The Hall–Kier alpha value is -0.130. The Morgan fingerprint density at radius 3 is 2.33 bits per heavy atom. The fourth-order valence-electron chi connectivity index (χ4n) is 1.57. The van der Waals surface area contributed by atoms with E-state index in [-0.39, 0.29) is 5.92 Å². The van der Waals surface area contributed by atoms with E-state index in [4.69, 9.17) is 5.73 Å². The number of rotatable bonds is 3. The Morgan fingerprint density at radius 2 is 1.92 bits per heavy atom. The molecule has 1 fully saturated rings. The van der Waals surface area contributed by atoms with Crippen molar-refractivity contribution in [3.8, 4) is 0 Å². The van der Waals surface area contributed by atoms with Crippen LogP contribution >= 0.6 is 0 Å². The van der Waals surface area contributed by atoms with Crippen LogP contribution in [0.15, 0.2) is 0 Å². The van der Waals surface area contributed by atoms with E-state index in [1.165, 1.54) is 0 Å². The zero-order chi connectivity index (χ0) is 9.19. The highest BCUT2D eigenvalue weighted by Gasteiger charge is 2.25.